The Hall–Kier alpha value is -0.790. The van der Waals surface area contributed by atoms with Gasteiger partial charge < -0.3 is 5.32 Å². The van der Waals surface area contributed by atoms with Crippen molar-refractivity contribution in [3.63, 3.8) is 0 Å². The molecule has 2 fully saturated rings. The predicted octanol–water partition coefficient (Wildman–Crippen LogP) is 3.43. The topological polar surface area (TPSA) is 29.1 Å². The summed E-state index contributed by atoms with van der Waals surface area (Å²) in [5, 5.41) is 2.98. The van der Waals surface area contributed by atoms with Crippen LogP contribution in [0.15, 0.2) is 12.7 Å². The summed E-state index contributed by atoms with van der Waals surface area (Å²) in [7, 11) is 0. The lowest BCUT2D eigenvalue weighted by Gasteiger charge is -2.50. The fourth-order valence-corrected chi connectivity index (χ4v) is 3.06. The van der Waals surface area contributed by atoms with Crippen LogP contribution in [0.3, 0.4) is 0 Å². The van der Waals surface area contributed by atoms with Crippen molar-refractivity contribution in [1.29, 1.82) is 0 Å². The minimum atomic E-state index is -0.0133. The third kappa shape index (κ3) is 3.10. The van der Waals surface area contributed by atoms with Crippen LogP contribution in [0.4, 0.5) is 0 Å². The van der Waals surface area contributed by atoms with E-state index >= 15 is 0 Å². The molecule has 1 amide bonds. The van der Waals surface area contributed by atoms with Crippen LogP contribution in [0, 0.1) is 5.41 Å². The Balaban J connectivity index is 0.000000606. The zero-order valence-electron chi connectivity index (χ0n) is 10.7. The normalized spacial score (nSPS) is 22.6. The molecule has 16 heavy (non-hydrogen) atoms. The summed E-state index contributed by atoms with van der Waals surface area (Å²) in [4.78, 5) is 11.1. The molecule has 2 heteroatoms. The Labute approximate surface area is 99.5 Å². The highest BCUT2D eigenvalue weighted by Crippen LogP contribution is 2.51. The number of carbonyl (C=O) groups excluding carboxylic acids is 1. The monoisotopic (exact) mass is 223 g/mol. The van der Waals surface area contributed by atoms with Crippen molar-refractivity contribution in [1.82, 2.24) is 5.32 Å². The van der Waals surface area contributed by atoms with Crippen molar-refractivity contribution >= 4 is 5.91 Å². The highest BCUT2D eigenvalue weighted by molar-refractivity contribution is 5.87. The molecule has 0 unspecified atom stereocenters. The molecule has 92 valence electrons. The largest absolute Gasteiger partial charge is 0.350 e. The second-order valence-corrected chi connectivity index (χ2v) is 4.88. The molecule has 0 aromatic rings. The second kappa shape index (κ2) is 6.07. The quantitative estimate of drug-likeness (QED) is 0.714. The Morgan fingerprint density at radius 2 is 1.81 bits per heavy atom. The molecular formula is C14H25NO. The molecule has 0 radical (unpaired) electrons. The number of rotatable bonds is 2. The van der Waals surface area contributed by atoms with Crippen LogP contribution >= 0.6 is 0 Å². The predicted molar refractivity (Wildman–Crippen MR) is 68.2 cm³/mol. The Morgan fingerprint density at radius 1 is 1.25 bits per heavy atom. The van der Waals surface area contributed by atoms with Gasteiger partial charge in [-0.15, -0.1) is 0 Å². The van der Waals surface area contributed by atoms with E-state index < -0.39 is 0 Å². The lowest BCUT2D eigenvalue weighted by atomic mass is 9.58. The first kappa shape index (κ1) is 13.3. The highest BCUT2D eigenvalue weighted by Gasteiger charge is 2.44. The molecule has 0 bridgehead atoms. The minimum absolute atomic E-state index is 0.0133. The minimum Gasteiger partial charge on any atom is -0.350 e. The summed E-state index contributed by atoms with van der Waals surface area (Å²) in [5.41, 5.74) is 0.608. The third-order valence-electron chi connectivity index (χ3n) is 3.80. The van der Waals surface area contributed by atoms with Crippen LogP contribution < -0.4 is 5.32 Å². The number of carbonyl (C=O) groups is 1. The van der Waals surface area contributed by atoms with Gasteiger partial charge in [-0.05, 0) is 37.2 Å². The van der Waals surface area contributed by atoms with E-state index in [0.717, 1.165) is 0 Å². The fraction of sp³-hybridized carbons (Fsp3) is 0.786. The van der Waals surface area contributed by atoms with E-state index in [-0.39, 0.29) is 5.91 Å². The van der Waals surface area contributed by atoms with Gasteiger partial charge in [0.05, 0.1) is 0 Å². The second-order valence-electron chi connectivity index (χ2n) is 4.88. The molecule has 1 spiro atoms. The van der Waals surface area contributed by atoms with Crippen LogP contribution in [-0.2, 0) is 4.79 Å². The van der Waals surface area contributed by atoms with Crippen LogP contribution in [0.5, 0.6) is 0 Å². The molecule has 2 rings (SSSR count). The van der Waals surface area contributed by atoms with Crippen LogP contribution in [0.25, 0.3) is 0 Å². The molecule has 0 heterocycles. The van der Waals surface area contributed by atoms with E-state index in [4.69, 9.17) is 0 Å². The molecule has 0 aromatic carbocycles. The van der Waals surface area contributed by atoms with E-state index in [0.29, 0.717) is 11.5 Å². The Morgan fingerprint density at radius 3 is 2.31 bits per heavy atom. The van der Waals surface area contributed by atoms with Crippen molar-refractivity contribution in [2.24, 2.45) is 5.41 Å². The van der Waals surface area contributed by atoms with Crippen molar-refractivity contribution in [2.45, 2.75) is 64.8 Å². The SMILES string of the molecule is C=CC(=O)NC1CC2(CCCCC2)C1.CC. The molecular weight excluding hydrogens is 198 g/mol. The van der Waals surface area contributed by atoms with Crippen molar-refractivity contribution < 1.29 is 4.79 Å². The molecule has 0 atom stereocenters. The lowest BCUT2D eigenvalue weighted by Crippen LogP contribution is -2.51. The average Bonchev–Trinajstić information content (AvgIpc) is 2.31. The van der Waals surface area contributed by atoms with E-state index in [1.165, 1.54) is 51.0 Å². The summed E-state index contributed by atoms with van der Waals surface area (Å²) in [6, 6.07) is 0.429. The maximum Gasteiger partial charge on any atom is 0.243 e. The number of amides is 1. The third-order valence-corrected chi connectivity index (χ3v) is 3.80. The summed E-state index contributed by atoms with van der Waals surface area (Å²) in [6.45, 7) is 7.46. The summed E-state index contributed by atoms with van der Waals surface area (Å²) < 4.78 is 0. The summed E-state index contributed by atoms with van der Waals surface area (Å²) in [6.07, 6.45) is 10.7. The van der Waals surface area contributed by atoms with Crippen molar-refractivity contribution in [2.75, 3.05) is 0 Å². The molecule has 0 aromatic heterocycles. The van der Waals surface area contributed by atoms with Gasteiger partial charge in [0.15, 0.2) is 0 Å². The zero-order valence-corrected chi connectivity index (χ0v) is 10.7. The van der Waals surface area contributed by atoms with Gasteiger partial charge in [0, 0.05) is 6.04 Å². The average molecular weight is 223 g/mol. The summed E-state index contributed by atoms with van der Waals surface area (Å²) >= 11 is 0. The number of hydrogen-bond acceptors (Lipinski definition) is 1. The van der Waals surface area contributed by atoms with Crippen LogP contribution in [0.2, 0.25) is 0 Å². The number of hydrogen-bond donors (Lipinski definition) is 1. The fourth-order valence-electron chi connectivity index (χ4n) is 3.06. The summed E-state index contributed by atoms with van der Waals surface area (Å²) in [5.74, 6) is -0.0133. The van der Waals surface area contributed by atoms with Gasteiger partial charge in [0.25, 0.3) is 0 Å². The Bertz CT molecular complexity index is 233. The maximum absolute atomic E-state index is 11.1. The van der Waals surface area contributed by atoms with Crippen LogP contribution in [-0.4, -0.2) is 11.9 Å². The molecule has 1 N–H and O–H groups in total. The molecule has 0 saturated heterocycles. The van der Waals surface area contributed by atoms with Gasteiger partial charge in [0.2, 0.25) is 5.91 Å². The van der Waals surface area contributed by atoms with Gasteiger partial charge in [-0.3, -0.25) is 4.79 Å². The lowest BCUT2D eigenvalue weighted by molar-refractivity contribution is -0.119. The molecule has 2 saturated carbocycles. The van der Waals surface area contributed by atoms with Crippen LogP contribution in [0.1, 0.15) is 58.8 Å². The number of nitrogens with one attached hydrogen (secondary N) is 1. The highest BCUT2D eigenvalue weighted by atomic mass is 16.1. The van der Waals surface area contributed by atoms with Crippen molar-refractivity contribution in [3.05, 3.63) is 12.7 Å². The van der Waals surface area contributed by atoms with E-state index in [1.54, 1.807) is 0 Å². The van der Waals surface area contributed by atoms with Gasteiger partial charge >= 0.3 is 0 Å². The van der Waals surface area contributed by atoms with Gasteiger partial charge in [-0.2, -0.15) is 0 Å². The zero-order chi connectivity index (χ0) is 12.0. The van der Waals surface area contributed by atoms with Gasteiger partial charge in [0.1, 0.15) is 0 Å². The van der Waals surface area contributed by atoms with E-state index in [1.807, 2.05) is 13.8 Å². The van der Waals surface area contributed by atoms with Gasteiger partial charge in [-0.25, -0.2) is 0 Å². The first-order valence-electron chi connectivity index (χ1n) is 6.67. The maximum atomic E-state index is 11.1. The van der Waals surface area contributed by atoms with E-state index in [2.05, 4.69) is 11.9 Å². The molecule has 2 nitrogen and oxygen atoms in total. The van der Waals surface area contributed by atoms with Gasteiger partial charge in [-0.1, -0.05) is 39.7 Å². The first-order valence-corrected chi connectivity index (χ1v) is 6.67. The first-order chi connectivity index (χ1) is 7.74. The molecule has 2 aliphatic carbocycles. The standard InChI is InChI=1S/C12H19NO.C2H6/c1-2-11(14)13-10-8-12(9-10)6-4-3-5-7-12;1-2/h2,10H,1,3-9H2,(H,13,14);1-2H3. The molecule has 2 aliphatic rings. The Kier molecular flexibility index (Phi) is 5.04. The van der Waals surface area contributed by atoms with Crippen molar-refractivity contribution in [3.8, 4) is 0 Å². The van der Waals surface area contributed by atoms with E-state index in [9.17, 15) is 4.79 Å². The molecule has 0 aliphatic heterocycles. The smallest absolute Gasteiger partial charge is 0.243 e.